The molecule has 0 radical (unpaired) electrons. The van der Waals surface area contributed by atoms with E-state index in [1.807, 2.05) is 11.9 Å². The fraction of sp³-hybridized carbons (Fsp3) is 0.556. The van der Waals surface area contributed by atoms with Gasteiger partial charge in [-0.3, -0.25) is 0 Å². The lowest BCUT2D eigenvalue weighted by Crippen LogP contribution is -2.24. The zero-order chi connectivity index (χ0) is 10.6. The van der Waals surface area contributed by atoms with Crippen LogP contribution in [0, 0.1) is 0 Å². The summed E-state index contributed by atoms with van der Waals surface area (Å²) in [5.41, 5.74) is 5.65. The van der Waals surface area contributed by atoms with Gasteiger partial charge in [0.1, 0.15) is 0 Å². The maximum absolute atomic E-state index is 9.12. The van der Waals surface area contributed by atoms with E-state index >= 15 is 0 Å². The Morgan fingerprint density at radius 2 is 2.14 bits per heavy atom. The number of anilines is 2. The van der Waals surface area contributed by atoms with E-state index in [0.717, 1.165) is 0 Å². The molecular formula is C9H16N4O. The molecule has 0 aliphatic carbocycles. The summed E-state index contributed by atoms with van der Waals surface area (Å²) in [4.78, 5) is 9.94. The van der Waals surface area contributed by atoms with Crippen LogP contribution in [-0.2, 0) is 0 Å². The number of aromatic nitrogens is 2. The van der Waals surface area contributed by atoms with Gasteiger partial charge in [0.25, 0.3) is 0 Å². The second kappa shape index (κ2) is 4.76. The molecular weight excluding hydrogens is 180 g/mol. The van der Waals surface area contributed by atoms with Crippen molar-refractivity contribution in [1.82, 2.24) is 9.97 Å². The highest BCUT2D eigenvalue weighted by Crippen LogP contribution is 2.14. The van der Waals surface area contributed by atoms with Crippen LogP contribution in [0.4, 0.5) is 11.6 Å². The Hall–Kier alpha value is -1.36. The lowest BCUT2D eigenvalue weighted by Gasteiger charge is -2.19. The molecule has 78 valence electrons. The van der Waals surface area contributed by atoms with Crippen LogP contribution in [0.15, 0.2) is 12.4 Å². The monoisotopic (exact) mass is 196 g/mol. The van der Waals surface area contributed by atoms with Crippen molar-refractivity contribution in [2.24, 2.45) is 0 Å². The van der Waals surface area contributed by atoms with Crippen molar-refractivity contribution in [1.29, 1.82) is 0 Å². The average molecular weight is 196 g/mol. The van der Waals surface area contributed by atoms with Crippen LogP contribution < -0.4 is 10.6 Å². The van der Waals surface area contributed by atoms with Crippen molar-refractivity contribution >= 4 is 11.6 Å². The average Bonchev–Trinajstić information content (AvgIpc) is 2.15. The van der Waals surface area contributed by atoms with Crippen LogP contribution in [0.2, 0.25) is 0 Å². The molecule has 0 aliphatic rings. The topological polar surface area (TPSA) is 75.3 Å². The summed E-state index contributed by atoms with van der Waals surface area (Å²) < 4.78 is 0. The van der Waals surface area contributed by atoms with Gasteiger partial charge in [0.15, 0.2) is 11.6 Å². The summed E-state index contributed by atoms with van der Waals surface area (Å²) in [5, 5.41) is 9.12. The van der Waals surface area contributed by atoms with Gasteiger partial charge in [0, 0.05) is 26.0 Å². The molecule has 1 aromatic heterocycles. The highest BCUT2D eigenvalue weighted by Gasteiger charge is 2.07. The number of nitrogen functional groups attached to an aromatic ring is 1. The molecule has 0 fully saturated rings. The van der Waals surface area contributed by atoms with Gasteiger partial charge in [0.2, 0.25) is 0 Å². The van der Waals surface area contributed by atoms with Crippen molar-refractivity contribution in [2.75, 3.05) is 24.2 Å². The molecule has 0 bridgehead atoms. The molecule has 1 aromatic rings. The maximum atomic E-state index is 9.12. The number of rotatable bonds is 4. The number of aliphatic hydroxyl groups is 1. The molecule has 0 aliphatic heterocycles. The van der Waals surface area contributed by atoms with E-state index in [0.29, 0.717) is 24.6 Å². The zero-order valence-corrected chi connectivity index (χ0v) is 8.51. The van der Waals surface area contributed by atoms with E-state index < -0.39 is 0 Å². The van der Waals surface area contributed by atoms with Gasteiger partial charge in [-0.1, -0.05) is 0 Å². The molecule has 1 heterocycles. The summed E-state index contributed by atoms with van der Waals surface area (Å²) in [5.74, 6) is 1.08. The molecule has 0 aromatic carbocycles. The number of nitrogens with two attached hydrogens (primary N) is 1. The molecule has 0 saturated carbocycles. The van der Waals surface area contributed by atoms with Crippen molar-refractivity contribution in [3.63, 3.8) is 0 Å². The first-order valence-electron chi connectivity index (χ1n) is 4.57. The van der Waals surface area contributed by atoms with Gasteiger partial charge < -0.3 is 15.7 Å². The summed E-state index contributed by atoms with van der Waals surface area (Å²) >= 11 is 0. The first-order chi connectivity index (χ1) is 6.61. The normalized spacial score (nSPS) is 12.5. The number of aliphatic hydroxyl groups excluding tert-OH is 1. The van der Waals surface area contributed by atoms with Crippen molar-refractivity contribution < 1.29 is 5.11 Å². The van der Waals surface area contributed by atoms with E-state index in [9.17, 15) is 0 Å². The first-order valence-corrected chi connectivity index (χ1v) is 4.57. The molecule has 3 N–H and O–H groups in total. The summed E-state index contributed by atoms with van der Waals surface area (Å²) in [6.07, 6.45) is 3.54. The standard InChI is InChI=1S/C9H16N4O/c1-7(14)3-6-13(2)9-8(10)11-4-5-12-9/h4-5,7,14H,3,6H2,1-2H3,(H2,10,11). The maximum Gasteiger partial charge on any atom is 0.171 e. The van der Waals surface area contributed by atoms with Crippen LogP contribution in [0.1, 0.15) is 13.3 Å². The van der Waals surface area contributed by atoms with Crippen LogP contribution in [0.3, 0.4) is 0 Å². The molecule has 0 amide bonds. The number of nitrogens with zero attached hydrogens (tertiary/aromatic N) is 3. The highest BCUT2D eigenvalue weighted by atomic mass is 16.3. The molecule has 1 atom stereocenters. The lowest BCUT2D eigenvalue weighted by molar-refractivity contribution is 0.187. The summed E-state index contributed by atoms with van der Waals surface area (Å²) in [7, 11) is 1.88. The van der Waals surface area contributed by atoms with Gasteiger partial charge in [-0.2, -0.15) is 0 Å². The van der Waals surface area contributed by atoms with Crippen molar-refractivity contribution in [2.45, 2.75) is 19.4 Å². The van der Waals surface area contributed by atoms with E-state index in [1.54, 1.807) is 19.3 Å². The minimum absolute atomic E-state index is 0.310. The van der Waals surface area contributed by atoms with Crippen LogP contribution in [0.5, 0.6) is 0 Å². The van der Waals surface area contributed by atoms with Gasteiger partial charge >= 0.3 is 0 Å². The third-order valence-electron chi connectivity index (χ3n) is 1.95. The molecule has 5 nitrogen and oxygen atoms in total. The zero-order valence-electron chi connectivity index (χ0n) is 8.51. The van der Waals surface area contributed by atoms with E-state index in [4.69, 9.17) is 10.8 Å². The van der Waals surface area contributed by atoms with E-state index in [-0.39, 0.29) is 6.10 Å². The van der Waals surface area contributed by atoms with Gasteiger partial charge in [0.05, 0.1) is 6.10 Å². The van der Waals surface area contributed by atoms with E-state index in [2.05, 4.69) is 9.97 Å². The predicted molar refractivity (Wildman–Crippen MR) is 56.0 cm³/mol. The number of hydrogen-bond acceptors (Lipinski definition) is 5. The molecule has 0 saturated heterocycles. The Bertz CT molecular complexity index is 290. The predicted octanol–water partition coefficient (Wildman–Crippen LogP) is 0.266. The smallest absolute Gasteiger partial charge is 0.171 e. The van der Waals surface area contributed by atoms with Gasteiger partial charge in [-0.25, -0.2) is 9.97 Å². The SMILES string of the molecule is CC(O)CCN(C)c1nccnc1N. The molecule has 1 rings (SSSR count). The quantitative estimate of drug-likeness (QED) is 0.722. The first kappa shape index (κ1) is 10.7. The number of hydrogen-bond donors (Lipinski definition) is 2. The molecule has 1 unspecified atom stereocenters. The van der Waals surface area contributed by atoms with Gasteiger partial charge in [-0.05, 0) is 13.3 Å². The van der Waals surface area contributed by atoms with Crippen LogP contribution in [0.25, 0.3) is 0 Å². The third kappa shape index (κ3) is 2.85. The van der Waals surface area contributed by atoms with Crippen molar-refractivity contribution in [3.05, 3.63) is 12.4 Å². The Kier molecular flexibility index (Phi) is 3.64. The minimum Gasteiger partial charge on any atom is -0.393 e. The Morgan fingerprint density at radius 1 is 1.50 bits per heavy atom. The second-order valence-corrected chi connectivity index (χ2v) is 3.32. The lowest BCUT2D eigenvalue weighted by atomic mass is 10.3. The van der Waals surface area contributed by atoms with Crippen molar-refractivity contribution in [3.8, 4) is 0 Å². The summed E-state index contributed by atoms with van der Waals surface area (Å²) in [6, 6.07) is 0. The third-order valence-corrected chi connectivity index (χ3v) is 1.95. The Morgan fingerprint density at radius 3 is 2.71 bits per heavy atom. The molecule has 14 heavy (non-hydrogen) atoms. The van der Waals surface area contributed by atoms with Crippen LogP contribution >= 0.6 is 0 Å². The fourth-order valence-electron chi connectivity index (χ4n) is 1.12. The Labute approximate surface area is 83.6 Å². The van der Waals surface area contributed by atoms with E-state index in [1.165, 1.54) is 0 Å². The van der Waals surface area contributed by atoms with Gasteiger partial charge in [-0.15, -0.1) is 0 Å². The molecule has 5 heteroatoms. The Balaban J connectivity index is 2.60. The second-order valence-electron chi connectivity index (χ2n) is 3.32. The summed E-state index contributed by atoms with van der Waals surface area (Å²) in [6.45, 7) is 2.47. The molecule has 0 spiro atoms. The highest BCUT2D eigenvalue weighted by molar-refractivity contribution is 5.56. The van der Waals surface area contributed by atoms with Crippen LogP contribution in [-0.4, -0.2) is 34.8 Å². The fourth-order valence-corrected chi connectivity index (χ4v) is 1.12. The minimum atomic E-state index is -0.310. The largest absolute Gasteiger partial charge is 0.393 e.